The Morgan fingerprint density at radius 3 is 2.91 bits per heavy atom. The summed E-state index contributed by atoms with van der Waals surface area (Å²) in [5.41, 5.74) is -0.180. The Balaban J connectivity index is 1.61. The molecular weight excluding hydrogens is 340 g/mol. The molecule has 22 heavy (non-hydrogen) atoms. The summed E-state index contributed by atoms with van der Waals surface area (Å²) in [6, 6.07) is 7.81. The minimum absolute atomic E-state index is 0.180. The van der Waals surface area contributed by atoms with Crippen LogP contribution in [0, 0.1) is 0 Å². The van der Waals surface area contributed by atoms with Crippen LogP contribution in [0.1, 0.15) is 6.42 Å². The van der Waals surface area contributed by atoms with Crippen molar-refractivity contribution in [2.45, 2.75) is 16.3 Å². The summed E-state index contributed by atoms with van der Waals surface area (Å²) in [5, 5.41) is 12.0. The smallest absolute Gasteiger partial charge is 0.330 e. The molecule has 0 spiro atoms. The van der Waals surface area contributed by atoms with Crippen molar-refractivity contribution in [2.24, 2.45) is 0 Å². The Morgan fingerprint density at radius 2 is 2.23 bits per heavy atom. The number of aromatic nitrogens is 1. The van der Waals surface area contributed by atoms with E-state index < -0.39 is 11.5 Å². The molecule has 1 aromatic carbocycles. The highest BCUT2D eigenvalue weighted by molar-refractivity contribution is 8.01. The summed E-state index contributed by atoms with van der Waals surface area (Å²) in [6.07, 6.45) is 0.477. The van der Waals surface area contributed by atoms with Crippen LogP contribution in [-0.2, 0) is 9.59 Å². The number of aliphatic carboxylic acids is 1. The lowest BCUT2D eigenvalue weighted by molar-refractivity contribution is -0.146. The molecule has 0 saturated carbocycles. The first kappa shape index (κ1) is 15.6. The van der Waals surface area contributed by atoms with E-state index in [0.29, 0.717) is 12.2 Å². The lowest BCUT2D eigenvalue weighted by Gasteiger charge is -2.24. The Morgan fingerprint density at radius 1 is 1.41 bits per heavy atom. The monoisotopic (exact) mass is 354 g/mol. The van der Waals surface area contributed by atoms with Gasteiger partial charge in [0, 0.05) is 5.75 Å². The summed E-state index contributed by atoms with van der Waals surface area (Å²) in [5.74, 6) is 0.168. The third-order valence-electron chi connectivity index (χ3n) is 3.41. The molecule has 1 atom stereocenters. The number of carboxylic acid groups (broad SMARTS) is 1. The third kappa shape index (κ3) is 3.23. The number of thiazole rings is 1. The zero-order valence-electron chi connectivity index (χ0n) is 11.6. The van der Waals surface area contributed by atoms with Gasteiger partial charge in [0.25, 0.3) is 0 Å². The van der Waals surface area contributed by atoms with Crippen LogP contribution in [0.15, 0.2) is 28.6 Å². The van der Waals surface area contributed by atoms with Crippen LogP contribution < -0.4 is 5.32 Å². The quantitative estimate of drug-likeness (QED) is 0.803. The van der Waals surface area contributed by atoms with Gasteiger partial charge in [0.15, 0.2) is 4.34 Å². The number of fused-ring (bicyclic) bond motifs is 1. The van der Waals surface area contributed by atoms with Gasteiger partial charge in [-0.3, -0.25) is 4.79 Å². The van der Waals surface area contributed by atoms with Crippen LogP contribution >= 0.6 is 34.9 Å². The largest absolute Gasteiger partial charge is 0.479 e. The molecule has 2 N–H and O–H groups in total. The highest BCUT2D eigenvalue weighted by Crippen LogP contribution is 2.30. The van der Waals surface area contributed by atoms with Crippen molar-refractivity contribution in [3.8, 4) is 0 Å². The number of carbonyl (C=O) groups is 2. The number of nitrogens with one attached hydrogen (secondary N) is 1. The van der Waals surface area contributed by atoms with Crippen molar-refractivity contribution >= 4 is 57.0 Å². The van der Waals surface area contributed by atoms with Crippen molar-refractivity contribution < 1.29 is 14.7 Å². The molecule has 2 aromatic rings. The van der Waals surface area contributed by atoms with Crippen molar-refractivity contribution in [1.29, 1.82) is 0 Å². The van der Waals surface area contributed by atoms with E-state index in [1.165, 1.54) is 23.1 Å². The van der Waals surface area contributed by atoms with Crippen LogP contribution in [0.2, 0.25) is 0 Å². The van der Waals surface area contributed by atoms with E-state index >= 15 is 0 Å². The van der Waals surface area contributed by atoms with E-state index in [1.54, 1.807) is 11.8 Å². The van der Waals surface area contributed by atoms with Crippen LogP contribution in [0.25, 0.3) is 10.2 Å². The average Bonchev–Trinajstić information content (AvgIpc) is 3.11. The predicted octanol–water partition coefficient (Wildman–Crippen LogP) is 2.46. The molecule has 1 aromatic heterocycles. The molecule has 1 unspecified atom stereocenters. The first-order chi connectivity index (χ1) is 10.6. The summed E-state index contributed by atoms with van der Waals surface area (Å²) in [6.45, 7) is 0. The molecule has 2 heterocycles. The normalized spacial score (nSPS) is 21.1. The van der Waals surface area contributed by atoms with Gasteiger partial charge in [0.2, 0.25) is 5.91 Å². The fourth-order valence-corrected chi connectivity index (χ4v) is 5.42. The molecule has 1 aliphatic heterocycles. The fourth-order valence-electron chi connectivity index (χ4n) is 2.23. The molecule has 1 fully saturated rings. The van der Waals surface area contributed by atoms with Gasteiger partial charge in [0.1, 0.15) is 5.54 Å². The zero-order chi connectivity index (χ0) is 15.6. The van der Waals surface area contributed by atoms with E-state index in [0.717, 1.165) is 20.3 Å². The molecule has 0 radical (unpaired) electrons. The van der Waals surface area contributed by atoms with Gasteiger partial charge in [-0.05, 0) is 24.3 Å². The predicted molar refractivity (Wildman–Crippen MR) is 90.8 cm³/mol. The highest BCUT2D eigenvalue weighted by atomic mass is 32.2. The van der Waals surface area contributed by atoms with E-state index in [1.807, 2.05) is 24.3 Å². The van der Waals surface area contributed by atoms with Crippen molar-refractivity contribution in [3.63, 3.8) is 0 Å². The molecular formula is C14H14N2O3S3. The molecule has 0 aliphatic carbocycles. The minimum Gasteiger partial charge on any atom is -0.479 e. The number of rotatable bonds is 5. The number of para-hydroxylation sites is 1. The van der Waals surface area contributed by atoms with E-state index in [-0.39, 0.29) is 11.7 Å². The second-order valence-corrected chi connectivity index (χ2v) is 8.33. The summed E-state index contributed by atoms with van der Waals surface area (Å²) in [4.78, 5) is 27.9. The average molecular weight is 354 g/mol. The van der Waals surface area contributed by atoms with Crippen molar-refractivity contribution in [1.82, 2.24) is 10.3 Å². The second kappa shape index (κ2) is 6.47. The Bertz CT molecular complexity index is 677. The van der Waals surface area contributed by atoms with Gasteiger partial charge in [-0.25, -0.2) is 9.78 Å². The number of hydrogen-bond acceptors (Lipinski definition) is 6. The molecule has 8 heteroatoms. The second-order valence-electron chi connectivity index (χ2n) is 4.97. The highest BCUT2D eigenvalue weighted by Gasteiger charge is 2.43. The van der Waals surface area contributed by atoms with Crippen LogP contribution in [-0.4, -0.2) is 44.8 Å². The number of amides is 1. The van der Waals surface area contributed by atoms with Gasteiger partial charge >= 0.3 is 5.97 Å². The third-order valence-corrected chi connectivity index (χ3v) is 6.78. The lowest BCUT2D eigenvalue weighted by Crippen LogP contribution is -2.55. The lowest BCUT2D eigenvalue weighted by atomic mass is 9.99. The van der Waals surface area contributed by atoms with Gasteiger partial charge in [-0.15, -0.1) is 11.3 Å². The van der Waals surface area contributed by atoms with Crippen LogP contribution in [0.5, 0.6) is 0 Å². The number of hydrogen-bond donors (Lipinski definition) is 2. The van der Waals surface area contributed by atoms with Gasteiger partial charge in [-0.1, -0.05) is 23.9 Å². The molecule has 0 bridgehead atoms. The van der Waals surface area contributed by atoms with Crippen LogP contribution in [0.4, 0.5) is 0 Å². The first-order valence-corrected chi connectivity index (χ1v) is 9.65. The maximum Gasteiger partial charge on any atom is 0.330 e. The molecule has 1 amide bonds. The molecule has 116 valence electrons. The van der Waals surface area contributed by atoms with E-state index in [2.05, 4.69) is 10.3 Å². The van der Waals surface area contributed by atoms with E-state index in [4.69, 9.17) is 0 Å². The number of benzene rings is 1. The van der Waals surface area contributed by atoms with Crippen molar-refractivity contribution in [3.05, 3.63) is 24.3 Å². The Kier molecular flexibility index (Phi) is 4.60. The maximum absolute atomic E-state index is 12.1. The zero-order valence-corrected chi connectivity index (χ0v) is 14.0. The number of thioether (sulfide) groups is 2. The van der Waals surface area contributed by atoms with Gasteiger partial charge in [0.05, 0.1) is 16.0 Å². The maximum atomic E-state index is 12.1. The molecule has 3 rings (SSSR count). The van der Waals surface area contributed by atoms with Gasteiger partial charge < -0.3 is 10.4 Å². The standard InChI is InChI=1S/C14H14N2O3S3/c17-11(16-14(12(18)19)5-6-20-8-14)7-21-13-15-9-3-1-2-4-10(9)22-13/h1-4H,5-8H2,(H,16,17)(H,18,19). The van der Waals surface area contributed by atoms with Gasteiger partial charge in [-0.2, -0.15) is 11.8 Å². The molecule has 1 aliphatic rings. The fraction of sp³-hybridized carbons (Fsp3) is 0.357. The summed E-state index contributed by atoms with van der Waals surface area (Å²) >= 11 is 4.44. The first-order valence-electron chi connectivity index (χ1n) is 6.70. The summed E-state index contributed by atoms with van der Waals surface area (Å²) < 4.78 is 1.90. The Labute approximate surface area is 139 Å². The number of carbonyl (C=O) groups excluding carboxylic acids is 1. The number of carboxylic acids is 1. The SMILES string of the molecule is O=C(CSc1nc2ccccc2s1)NC1(C(=O)O)CCSC1. The summed E-state index contributed by atoms with van der Waals surface area (Å²) in [7, 11) is 0. The van der Waals surface area contributed by atoms with Crippen LogP contribution in [0.3, 0.4) is 0 Å². The van der Waals surface area contributed by atoms with E-state index in [9.17, 15) is 14.7 Å². The topological polar surface area (TPSA) is 79.3 Å². The molecule has 5 nitrogen and oxygen atoms in total. The van der Waals surface area contributed by atoms with Crippen molar-refractivity contribution in [2.75, 3.05) is 17.3 Å². The minimum atomic E-state index is -1.10. The number of nitrogens with zero attached hydrogens (tertiary/aromatic N) is 1. The molecule has 1 saturated heterocycles. The Hall–Kier alpha value is -1.25.